The molecule has 0 aromatic carbocycles. The van der Waals surface area contributed by atoms with Gasteiger partial charge in [0, 0.05) is 17.8 Å². The first kappa shape index (κ1) is 17.2. The van der Waals surface area contributed by atoms with Crippen molar-refractivity contribution in [2.24, 2.45) is 0 Å². The normalized spacial score (nSPS) is 11.6. The molecule has 0 unspecified atom stereocenters. The Kier molecular flexibility index (Phi) is 5.92. The Labute approximate surface area is 119 Å². The van der Waals surface area contributed by atoms with Crippen LogP contribution in [0, 0.1) is 0 Å². The van der Waals surface area contributed by atoms with Gasteiger partial charge in [-0.05, 0) is 25.5 Å². The van der Waals surface area contributed by atoms with Crippen molar-refractivity contribution in [1.29, 1.82) is 0 Å². The maximum Gasteiger partial charge on any atom is 0.324 e. The van der Waals surface area contributed by atoms with Crippen LogP contribution in [0.4, 0.5) is 23.4 Å². The van der Waals surface area contributed by atoms with Crippen LogP contribution in [0.1, 0.15) is 29.9 Å². The lowest BCUT2D eigenvalue weighted by atomic mass is 10.1. The summed E-state index contributed by atoms with van der Waals surface area (Å²) in [4.78, 5) is 16.0. The fraction of sp³-hybridized carbons (Fsp3) is 0.538. The summed E-state index contributed by atoms with van der Waals surface area (Å²) in [5, 5.41) is 4.73. The summed E-state index contributed by atoms with van der Waals surface area (Å²) >= 11 is 0. The predicted molar refractivity (Wildman–Crippen MR) is 71.1 cm³/mol. The van der Waals surface area contributed by atoms with Crippen LogP contribution >= 0.6 is 0 Å². The van der Waals surface area contributed by atoms with Crippen LogP contribution in [0.25, 0.3) is 0 Å². The second kappa shape index (κ2) is 7.24. The number of carbonyl (C=O) groups is 1. The summed E-state index contributed by atoms with van der Waals surface area (Å²) in [6, 6.07) is 2.83. The van der Waals surface area contributed by atoms with Crippen LogP contribution in [0.5, 0.6) is 0 Å². The van der Waals surface area contributed by atoms with Crippen molar-refractivity contribution in [2.45, 2.75) is 32.6 Å². The van der Waals surface area contributed by atoms with Gasteiger partial charge in [0.05, 0.1) is 6.54 Å². The Balaban J connectivity index is 2.84. The van der Waals surface area contributed by atoms with Gasteiger partial charge < -0.3 is 10.6 Å². The third-order valence-corrected chi connectivity index (χ3v) is 2.66. The average molecular weight is 307 g/mol. The minimum atomic E-state index is -4.25. The number of aromatic nitrogens is 1. The molecule has 0 atom stereocenters. The number of amides is 1. The van der Waals surface area contributed by atoms with E-state index in [9.17, 15) is 22.4 Å². The Morgan fingerprint density at radius 2 is 2.00 bits per heavy atom. The molecule has 1 heterocycles. The van der Waals surface area contributed by atoms with Crippen LogP contribution in [-0.2, 0) is 6.42 Å². The van der Waals surface area contributed by atoms with E-state index in [-0.39, 0.29) is 5.56 Å². The molecule has 1 rings (SSSR count). The summed E-state index contributed by atoms with van der Waals surface area (Å²) in [5.41, 5.74) is 0.696. The first-order valence-corrected chi connectivity index (χ1v) is 6.49. The fourth-order valence-electron chi connectivity index (χ4n) is 1.55. The van der Waals surface area contributed by atoms with Crippen molar-refractivity contribution in [2.75, 3.05) is 18.4 Å². The highest BCUT2D eigenvalue weighted by molar-refractivity contribution is 5.95. The van der Waals surface area contributed by atoms with Gasteiger partial charge in [0.15, 0.2) is 0 Å². The molecular weight excluding hydrogens is 290 g/mol. The van der Waals surface area contributed by atoms with Crippen molar-refractivity contribution in [3.05, 3.63) is 23.4 Å². The fourth-order valence-corrected chi connectivity index (χ4v) is 1.55. The molecular formula is C13H17F4N3O. The zero-order valence-corrected chi connectivity index (χ0v) is 11.7. The second-order valence-corrected chi connectivity index (χ2v) is 4.36. The summed E-state index contributed by atoms with van der Waals surface area (Å²) in [5.74, 6) is -4.66. The zero-order valence-electron chi connectivity index (χ0n) is 11.7. The molecule has 0 aliphatic carbocycles. The molecule has 0 saturated heterocycles. The van der Waals surface area contributed by atoms with Crippen LogP contribution < -0.4 is 10.6 Å². The number of nitrogens with zero attached hydrogens (tertiary/aromatic N) is 1. The van der Waals surface area contributed by atoms with E-state index in [0.717, 1.165) is 0 Å². The summed E-state index contributed by atoms with van der Waals surface area (Å²) in [6.07, 6.45) is -3.27. The van der Waals surface area contributed by atoms with Gasteiger partial charge in [-0.15, -0.1) is 0 Å². The minimum absolute atomic E-state index is 0.0999. The molecule has 0 radical (unpaired) electrons. The van der Waals surface area contributed by atoms with Gasteiger partial charge in [-0.3, -0.25) is 4.79 Å². The summed E-state index contributed by atoms with van der Waals surface area (Å²) in [6.45, 7) is 2.82. The number of anilines is 1. The molecule has 118 valence electrons. The third kappa shape index (κ3) is 4.87. The largest absolute Gasteiger partial charge is 0.370 e. The minimum Gasteiger partial charge on any atom is -0.370 e. The molecule has 4 nitrogen and oxygen atoms in total. The van der Waals surface area contributed by atoms with E-state index in [1.165, 1.54) is 12.1 Å². The van der Waals surface area contributed by atoms with Crippen molar-refractivity contribution in [3.8, 4) is 0 Å². The van der Waals surface area contributed by atoms with Crippen molar-refractivity contribution in [1.82, 2.24) is 10.3 Å². The number of pyridine rings is 1. The lowest BCUT2D eigenvalue weighted by molar-refractivity contribution is -0.123. The number of carbonyl (C=O) groups excluding carboxylic acids is 1. The molecule has 8 heteroatoms. The SMILES string of the molecule is CCNc1cc(C(=O)NCC(F)(F)C(F)F)cc(CC)n1. The number of nitrogens with one attached hydrogen (secondary N) is 2. The Bertz CT molecular complexity index is 494. The summed E-state index contributed by atoms with van der Waals surface area (Å²) < 4.78 is 49.6. The molecule has 0 spiro atoms. The highest BCUT2D eigenvalue weighted by Crippen LogP contribution is 2.21. The van der Waals surface area contributed by atoms with Crippen LogP contribution in [0.2, 0.25) is 0 Å². The second-order valence-electron chi connectivity index (χ2n) is 4.36. The first-order valence-electron chi connectivity index (χ1n) is 6.49. The molecule has 0 aliphatic rings. The van der Waals surface area contributed by atoms with Gasteiger partial charge >= 0.3 is 12.3 Å². The van der Waals surface area contributed by atoms with Crippen LogP contribution in [-0.4, -0.2) is 36.3 Å². The quantitative estimate of drug-likeness (QED) is 0.762. The standard InChI is InChI=1S/C13H17F4N3O/c1-3-9-5-8(6-10(20-9)18-4-2)11(21)19-7-13(16,17)12(14)15/h5-6,12H,3-4,7H2,1-2H3,(H,18,20)(H,19,21). The smallest absolute Gasteiger partial charge is 0.324 e. The number of hydrogen-bond donors (Lipinski definition) is 2. The van der Waals surface area contributed by atoms with E-state index in [2.05, 4.69) is 10.3 Å². The molecule has 1 aromatic heterocycles. The zero-order chi connectivity index (χ0) is 16.0. The highest BCUT2D eigenvalue weighted by Gasteiger charge is 2.40. The molecule has 2 N–H and O–H groups in total. The molecule has 1 amide bonds. The monoisotopic (exact) mass is 307 g/mol. The lowest BCUT2D eigenvalue weighted by Crippen LogP contribution is -2.41. The van der Waals surface area contributed by atoms with E-state index in [4.69, 9.17) is 0 Å². The third-order valence-electron chi connectivity index (χ3n) is 2.66. The number of rotatable bonds is 7. The number of hydrogen-bond acceptors (Lipinski definition) is 3. The topological polar surface area (TPSA) is 54.0 Å². The molecule has 1 aromatic rings. The number of aryl methyl sites for hydroxylation is 1. The van der Waals surface area contributed by atoms with Gasteiger partial charge in [0.1, 0.15) is 5.82 Å². The first-order chi connectivity index (χ1) is 9.80. The maximum absolute atomic E-state index is 12.8. The van der Waals surface area contributed by atoms with Gasteiger partial charge in [-0.1, -0.05) is 6.92 Å². The molecule has 0 fully saturated rings. The summed E-state index contributed by atoms with van der Waals surface area (Å²) in [7, 11) is 0. The van der Waals surface area contributed by atoms with E-state index in [1.54, 1.807) is 0 Å². The van der Waals surface area contributed by atoms with Crippen LogP contribution in [0.15, 0.2) is 12.1 Å². The van der Waals surface area contributed by atoms with Crippen molar-refractivity contribution < 1.29 is 22.4 Å². The van der Waals surface area contributed by atoms with Gasteiger partial charge in [0.2, 0.25) is 0 Å². The van der Waals surface area contributed by atoms with E-state index >= 15 is 0 Å². The Morgan fingerprint density at radius 3 is 2.52 bits per heavy atom. The van der Waals surface area contributed by atoms with Crippen molar-refractivity contribution >= 4 is 11.7 Å². The van der Waals surface area contributed by atoms with Crippen molar-refractivity contribution in [3.63, 3.8) is 0 Å². The number of alkyl halides is 4. The molecule has 0 bridgehead atoms. The maximum atomic E-state index is 12.8. The van der Waals surface area contributed by atoms with Gasteiger partial charge in [-0.25, -0.2) is 13.8 Å². The molecule has 21 heavy (non-hydrogen) atoms. The highest BCUT2D eigenvalue weighted by atomic mass is 19.3. The predicted octanol–water partition coefficient (Wildman–Crippen LogP) is 2.71. The van der Waals surface area contributed by atoms with Gasteiger partial charge in [0.25, 0.3) is 5.91 Å². The lowest BCUT2D eigenvalue weighted by Gasteiger charge is -2.16. The van der Waals surface area contributed by atoms with Crippen LogP contribution in [0.3, 0.4) is 0 Å². The number of halogens is 4. The van der Waals surface area contributed by atoms with E-state index in [1.807, 2.05) is 19.2 Å². The Morgan fingerprint density at radius 1 is 1.33 bits per heavy atom. The average Bonchev–Trinajstić information content (AvgIpc) is 2.44. The van der Waals surface area contributed by atoms with E-state index < -0.39 is 24.8 Å². The molecule has 0 aliphatic heterocycles. The Hall–Kier alpha value is -1.86. The van der Waals surface area contributed by atoms with Gasteiger partial charge in [-0.2, -0.15) is 8.78 Å². The molecule has 0 saturated carbocycles. The van der Waals surface area contributed by atoms with E-state index in [0.29, 0.717) is 24.5 Å².